The number of aromatic hydroxyl groups is 1. The fraction of sp³-hybridized carbons (Fsp3) is 0.357. The molecule has 2 aromatic rings. The molecule has 0 fully saturated rings. The van der Waals surface area contributed by atoms with Crippen LogP contribution in [0, 0.1) is 0 Å². The molecule has 7 heteroatoms. The van der Waals surface area contributed by atoms with E-state index in [0.29, 0.717) is 5.76 Å². The summed E-state index contributed by atoms with van der Waals surface area (Å²) in [4.78, 5) is 15.9. The molecule has 0 aliphatic carbocycles. The van der Waals surface area contributed by atoms with Crippen LogP contribution in [0.3, 0.4) is 0 Å². The number of carbonyl (C=O) groups is 1. The first-order chi connectivity index (χ1) is 9.82. The minimum Gasteiger partial charge on any atom is -0.503 e. The molecule has 2 N–H and O–H groups in total. The van der Waals surface area contributed by atoms with Gasteiger partial charge >= 0.3 is 0 Å². The van der Waals surface area contributed by atoms with Crippen LogP contribution < -0.4 is 10.1 Å². The number of anilines is 1. The van der Waals surface area contributed by atoms with Gasteiger partial charge in [-0.05, 0) is 0 Å². The summed E-state index contributed by atoms with van der Waals surface area (Å²) in [6.45, 7) is 5.90. The van der Waals surface area contributed by atoms with Crippen molar-refractivity contribution in [3.8, 4) is 11.5 Å². The van der Waals surface area contributed by atoms with Crippen molar-refractivity contribution >= 4 is 11.7 Å². The lowest BCUT2D eigenvalue weighted by atomic mass is 9.93. The minimum atomic E-state index is -0.597. The summed E-state index contributed by atoms with van der Waals surface area (Å²) < 4.78 is 10.1. The summed E-state index contributed by atoms with van der Waals surface area (Å²) >= 11 is 0. The molecule has 0 bridgehead atoms. The van der Waals surface area contributed by atoms with Gasteiger partial charge in [-0.2, -0.15) is 0 Å². The number of carbonyl (C=O) groups excluding carboxylic acids is 1. The average Bonchev–Trinajstić information content (AvgIpc) is 2.87. The lowest BCUT2D eigenvalue weighted by molar-refractivity contribution is 0.101. The number of aromatic nitrogens is 2. The highest BCUT2D eigenvalue weighted by Crippen LogP contribution is 2.29. The van der Waals surface area contributed by atoms with E-state index < -0.39 is 5.91 Å². The van der Waals surface area contributed by atoms with E-state index in [2.05, 4.69) is 15.5 Å². The van der Waals surface area contributed by atoms with Crippen LogP contribution in [0.15, 0.2) is 22.9 Å². The Bertz CT molecular complexity index is 658. The summed E-state index contributed by atoms with van der Waals surface area (Å²) in [5, 5.41) is 16.2. The lowest BCUT2D eigenvalue weighted by Crippen LogP contribution is -2.14. The maximum Gasteiger partial charge on any atom is 0.279 e. The molecule has 112 valence electrons. The first-order valence-corrected chi connectivity index (χ1v) is 6.33. The number of ether oxygens (including phenoxy) is 1. The zero-order chi connectivity index (χ0) is 15.6. The van der Waals surface area contributed by atoms with E-state index in [-0.39, 0.29) is 28.4 Å². The first-order valence-electron chi connectivity index (χ1n) is 6.33. The molecule has 7 nitrogen and oxygen atoms in total. The number of amides is 1. The van der Waals surface area contributed by atoms with Gasteiger partial charge in [0, 0.05) is 23.7 Å². The Hall–Kier alpha value is -2.57. The normalized spacial score (nSPS) is 11.2. The van der Waals surface area contributed by atoms with Gasteiger partial charge in [0.2, 0.25) is 0 Å². The number of hydrogen-bond donors (Lipinski definition) is 2. The fourth-order valence-electron chi connectivity index (χ4n) is 1.63. The molecule has 1 amide bonds. The molecule has 0 aliphatic rings. The second-order valence-electron chi connectivity index (χ2n) is 5.49. The molecular formula is C14H17N3O4. The largest absolute Gasteiger partial charge is 0.503 e. The molecule has 0 spiro atoms. The number of nitrogens with zero attached hydrogens (tertiary/aromatic N) is 2. The number of pyridine rings is 1. The second-order valence-corrected chi connectivity index (χ2v) is 5.49. The molecule has 0 saturated heterocycles. The molecule has 2 heterocycles. The molecule has 0 unspecified atom stereocenters. The molecule has 0 radical (unpaired) electrons. The Balaban J connectivity index is 2.21. The van der Waals surface area contributed by atoms with Crippen LogP contribution in [-0.2, 0) is 5.41 Å². The van der Waals surface area contributed by atoms with Crippen molar-refractivity contribution in [1.82, 2.24) is 10.1 Å². The third kappa shape index (κ3) is 3.13. The van der Waals surface area contributed by atoms with Gasteiger partial charge in [-0.25, -0.2) is 4.98 Å². The van der Waals surface area contributed by atoms with E-state index in [1.807, 2.05) is 20.8 Å². The molecule has 21 heavy (non-hydrogen) atoms. The predicted molar refractivity (Wildman–Crippen MR) is 75.6 cm³/mol. The van der Waals surface area contributed by atoms with Crippen LogP contribution in [0.1, 0.15) is 37.0 Å². The van der Waals surface area contributed by atoms with Crippen molar-refractivity contribution in [1.29, 1.82) is 0 Å². The highest BCUT2D eigenvalue weighted by Gasteiger charge is 2.22. The van der Waals surface area contributed by atoms with Gasteiger partial charge in [0.1, 0.15) is 5.76 Å². The number of rotatable bonds is 3. The third-order valence-corrected chi connectivity index (χ3v) is 2.81. The molecule has 0 aromatic carbocycles. The Morgan fingerprint density at radius 2 is 2.14 bits per heavy atom. The Labute approximate surface area is 121 Å². The lowest BCUT2D eigenvalue weighted by Gasteiger charge is -2.12. The molecule has 0 saturated carbocycles. The van der Waals surface area contributed by atoms with Gasteiger partial charge in [-0.1, -0.05) is 25.9 Å². The summed E-state index contributed by atoms with van der Waals surface area (Å²) in [7, 11) is 1.39. The maximum absolute atomic E-state index is 12.1. The standard InChI is InChI=1S/C14H17N3O4/c1-14(2,3)9-7-10(17-21-9)16-13(19)11-12(18)8(20-4)5-6-15-11/h5-7,18H,1-4H3,(H,16,17,19). The number of methoxy groups -OCH3 is 1. The van der Waals surface area contributed by atoms with Crippen molar-refractivity contribution in [3.63, 3.8) is 0 Å². The van der Waals surface area contributed by atoms with E-state index in [0.717, 1.165) is 0 Å². The zero-order valence-electron chi connectivity index (χ0n) is 12.3. The van der Waals surface area contributed by atoms with Gasteiger partial charge < -0.3 is 19.7 Å². The SMILES string of the molecule is COc1ccnc(C(=O)Nc2cc(C(C)(C)C)on2)c1O. The molecule has 0 aliphatic heterocycles. The van der Waals surface area contributed by atoms with Crippen LogP contribution >= 0.6 is 0 Å². The summed E-state index contributed by atoms with van der Waals surface area (Å²) in [5.41, 5.74) is -0.360. The zero-order valence-corrected chi connectivity index (χ0v) is 12.3. The molecule has 2 rings (SSSR count). The van der Waals surface area contributed by atoms with Crippen molar-refractivity contribution in [3.05, 3.63) is 29.8 Å². The number of hydrogen-bond acceptors (Lipinski definition) is 6. The third-order valence-electron chi connectivity index (χ3n) is 2.81. The van der Waals surface area contributed by atoms with Crippen LogP contribution in [0.25, 0.3) is 0 Å². The van der Waals surface area contributed by atoms with Crippen LogP contribution in [0.4, 0.5) is 5.82 Å². The van der Waals surface area contributed by atoms with Gasteiger partial charge in [0.15, 0.2) is 23.0 Å². The molecular weight excluding hydrogens is 274 g/mol. The van der Waals surface area contributed by atoms with Gasteiger partial charge in [-0.15, -0.1) is 0 Å². The van der Waals surface area contributed by atoms with Crippen molar-refractivity contribution in [2.45, 2.75) is 26.2 Å². The van der Waals surface area contributed by atoms with E-state index in [1.165, 1.54) is 19.4 Å². The Kier molecular flexibility index (Phi) is 3.84. The van der Waals surface area contributed by atoms with Crippen molar-refractivity contribution in [2.75, 3.05) is 12.4 Å². The summed E-state index contributed by atoms with van der Waals surface area (Å²) in [6.07, 6.45) is 1.37. The quantitative estimate of drug-likeness (QED) is 0.900. The number of nitrogens with one attached hydrogen (secondary N) is 1. The van der Waals surface area contributed by atoms with Crippen LogP contribution in [0.5, 0.6) is 11.5 Å². The van der Waals surface area contributed by atoms with Gasteiger partial charge in [0.05, 0.1) is 7.11 Å². The topological polar surface area (TPSA) is 97.5 Å². The summed E-state index contributed by atoms with van der Waals surface area (Å²) in [6, 6.07) is 3.09. The van der Waals surface area contributed by atoms with Crippen LogP contribution in [-0.4, -0.2) is 28.3 Å². The molecule has 2 aromatic heterocycles. The van der Waals surface area contributed by atoms with Crippen molar-refractivity contribution in [2.24, 2.45) is 0 Å². The second kappa shape index (κ2) is 5.43. The highest BCUT2D eigenvalue weighted by molar-refractivity contribution is 6.04. The smallest absolute Gasteiger partial charge is 0.279 e. The van der Waals surface area contributed by atoms with Crippen LogP contribution in [0.2, 0.25) is 0 Å². The fourth-order valence-corrected chi connectivity index (χ4v) is 1.63. The van der Waals surface area contributed by atoms with Gasteiger partial charge in [-0.3, -0.25) is 4.79 Å². The Morgan fingerprint density at radius 1 is 1.43 bits per heavy atom. The molecule has 0 atom stereocenters. The monoisotopic (exact) mass is 291 g/mol. The minimum absolute atomic E-state index is 0.144. The van der Waals surface area contributed by atoms with E-state index in [9.17, 15) is 9.90 Å². The Morgan fingerprint density at radius 3 is 2.71 bits per heavy atom. The van der Waals surface area contributed by atoms with Gasteiger partial charge in [0.25, 0.3) is 5.91 Å². The van der Waals surface area contributed by atoms with E-state index in [4.69, 9.17) is 9.26 Å². The average molecular weight is 291 g/mol. The first kappa shape index (κ1) is 14.8. The predicted octanol–water partition coefficient (Wildman–Crippen LogP) is 2.33. The van der Waals surface area contributed by atoms with E-state index >= 15 is 0 Å². The highest BCUT2D eigenvalue weighted by atomic mass is 16.5. The van der Waals surface area contributed by atoms with E-state index in [1.54, 1.807) is 6.07 Å². The maximum atomic E-state index is 12.1. The van der Waals surface area contributed by atoms with Crippen molar-refractivity contribution < 1.29 is 19.2 Å². The summed E-state index contributed by atoms with van der Waals surface area (Å²) in [5.74, 6) is 0.150.